The van der Waals surface area contributed by atoms with E-state index in [9.17, 15) is 23.2 Å². The summed E-state index contributed by atoms with van der Waals surface area (Å²) in [6.45, 7) is 0.712. The van der Waals surface area contributed by atoms with E-state index in [1.807, 2.05) is 53.4 Å². The molecule has 3 heterocycles. The monoisotopic (exact) mass is 558 g/mol. The maximum atomic E-state index is 13.9. The van der Waals surface area contributed by atoms with Gasteiger partial charge in [-0.15, -0.1) is 0 Å². The lowest BCUT2D eigenvalue weighted by atomic mass is 10.1. The Bertz CT molecular complexity index is 1820. The number of hydrogen-bond acceptors (Lipinski definition) is 6. The summed E-state index contributed by atoms with van der Waals surface area (Å²) >= 11 is 1.42. The third kappa shape index (κ3) is 4.94. The highest BCUT2D eigenvalue weighted by Crippen LogP contribution is 2.32. The number of hydrogen-bond donors (Lipinski definition) is 1. The van der Waals surface area contributed by atoms with Crippen LogP contribution in [0.4, 0.5) is 19.1 Å². The number of fused-ring (bicyclic) bond motifs is 2. The quantitative estimate of drug-likeness (QED) is 0.215. The maximum Gasteiger partial charge on any atom is 0.416 e. The van der Waals surface area contributed by atoms with Gasteiger partial charge < -0.3 is 9.88 Å². The molecule has 6 rings (SSSR count). The van der Waals surface area contributed by atoms with Crippen molar-refractivity contribution in [2.75, 3.05) is 11.4 Å². The molecule has 0 unspecified atom stereocenters. The summed E-state index contributed by atoms with van der Waals surface area (Å²) in [5.74, 6) is 0.931. The van der Waals surface area contributed by atoms with E-state index in [4.69, 9.17) is 4.98 Å². The predicted molar refractivity (Wildman–Crippen MR) is 146 cm³/mol. The Balaban J connectivity index is 1.35. The molecule has 1 aliphatic rings. The Kier molecular flexibility index (Phi) is 6.56. The third-order valence-corrected chi connectivity index (χ3v) is 7.74. The van der Waals surface area contributed by atoms with E-state index in [0.29, 0.717) is 57.8 Å². The number of thioether (sulfide) groups is 1. The van der Waals surface area contributed by atoms with Gasteiger partial charge in [-0.2, -0.15) is 18.4 Å². The van der Waals surface area contributed by atoms with Gasteiger partial charge in [-0.25, -0.2) is 9.97 Å². The maximum absolute atomic E-state index is 13.9. The number of imidazole rings is 1. The Labute approximate surface area is 230 Å². The average Bonchev–Trinajstić information content (AvgIpc) is 3.40. The molecule has 0 saturated heterocycles. The first-order valence-electron chi connectivity index (χ1n) is 12.4. The van der Waals surface area contributed by atoms with Crippen molar-refractivity contribution in [3.63, 3.8) is 0 Å². The van der Waals surface area contributed by atoms with Crippen LogP contribution in [-0.2, 0) is 24.9 Å². The van der Waals surface area contributed by atoms with E-state index in [0.717, 1.165) is 17.7 Å². The minimum absolute atomic E-state index is 0.204. The summed E-state index contributed by atoms with van der Waals surface area (Å²) in [5.41, 5.74) is 3.14. The molecule has 3 aromatic carbocycles. The normalized spacial score (nSPS) is 13.3. The second kappa shape index (κ2) is 10.2. The standard InChI is InChI=1S/C29H21F3N6OS/c30-29(31,32)20-9-10-24-25(14-20)35-27(34-24)37-12-11-23-22(16-37)26(39)38(21-7-2-1-3-8-21)28(36-23)40-17-19-6-4-5-18(13-19)15-33/h1-10,13-14H,11-12,16-17H2,(H,34,35). The van der Waals surface area contributed by atoms with Gasteiger partial charge >= 0.3 is 6.18 Å². The zero-order chi connectivity index (χ0) is 27.9. The van der Waals surface area contributed by atoms with Crippen molar-refractivity contribution < 1.29 is 13.2 Å². The molecule has 11 heteroatoms. The first-order valence-corrected chi connectivity index (χ1v) is 13.4. The Morgan fingerprint density at radius 1 is 1.02 bits per heavy atom. The predicted octanol–water partition coefficient (Wildman–Crippen LogP) is 5.85. The van der Waals surface area contributed by atoms with Gasteiger partial charge in [-0.1, -0.05) is 42.1 Å². The fraction of sp³-hybridized carbons (Fsp3) is 0.172. The van der Waals surface area contributed by atoms with Gasteiger partial charge in [0, 0.05) is 18.7 Å². The van der Waals surface area contributed by atoms with Crippen LogP contribution in [0.1, 0.15) is 27.9 Å². The number of H-pyrrole nitrogens is 1. The second-order valence-corrected chi connectivity index (χ2v) is 10.3. The molecular weight excluding hydrogens is 537 g/mol. The number of aromatic amines is 1. The van der Waals surface area contributed by atoms with Crippen LogP contribution >= 0.6 is 11.8 Å². The summed E-state index contributed by atoms with van der Waals surface area (Å²) in [6.07, 6.45) is -3.98. The Hall–Kier alpha value is -4.56. The number of nitriles is 1. The lowest BCUT2D eigenvalue weighted by Gasteiger charge is -2.28. The van der Waals surface area contributed by atoms with E-state index < -0.39 is 11.7 Å². The summed E-state index contributed by atoms with van der Waals surface area (Å²) < 4.78 is 41.1. The van der Waals surface area contributed by atoms with E-state index in [1.54, 1.807) is 10.6 Å². The molecular formula is C29H21F3N6OS. The Morgan fingerprint density at radius 2 is 1.85 bits per heavy atom. The van der Waals surface area contributed by atoms with Crippen molar-refractivity contribution in [2.24, 2.45) is 0 Å². The second-order valence-electron chi connectivity index (χ2n) is 9.36. The lowest BCUT2D eigenvalue weighted by Crippen LogP contribution is -2.38. The smallest absolute Gasteiger partial charge is 0.337 e. The number of nitrogens with zero attached hydrogens (tertiary/aromatic N) is 5. The van der Waals surface area contributed by atoms with Gasteiger partial charge in [0.1, 0.15) is 0 Å². The lowest BCUT2D eigenvalue weighted by molar-refractivity contribution is -0.137. The number of para-hydroxylation sites is 1. The highest BCUT2D eigenvalue weighted by Gasteiger charge is 2.31. The number of halogens is 3. The molecule has 0 fully saturated rings. The molecule has 0 aliphatic carbocycles. The van der Waals surface area contributed by atoms with Crippen molar-refractivity contribution in [3.8, 4) is 11.8 Å². The molecule has 1 N–H and O–H groups in total. The highest BCUT2D eigenvalue weighted by atomic mass is 32.2. The number of alkyl halides is 3. The van der Waals surface area contributed by atoms with Crippen molar-refractivity contribution in [1.29, 1.82) is 5.26 Å². The average molecular weight is 559 g/mol. The fourth-order valence-corrected chi connectivity index (χ4v) is 5.71. The fourth-order valence-electron chi connectivity index (χ4n) is 4.74. The van der Waals surface area contributed by atoms with Crippen molar-refractivity contribution >= 4 is 28.7 Å². The summed E-state index contributed by atoms with van der Waals surface area (Å²) in [5, 5.41) is 9.78. The molecule has 5 aromatic rings. The molecule has 0 radical (unpaired) electrons. The minimum Gasteiger partial charge on any atom is -0.337 e. The van der Waals surface area contributed by atoms with Gasteiger partial charge in [0.25, 0.3) is 5.56 Å². The molecule has 0 atom stereocenters. The van der Waals surface area contributed by atoms with Gasteiger partial charge in [0.05, 0.1) is 51.7 Å². The first kappa shape index (κ1) is 25.7. The van der Waals surface area contributed by atoms with Crippen molar-refractivity contribution in [3.05, 3.63) is 111 Å². The van der Waals surface area contributed by atoms with Crippen LogP contribution in [0.25, 0.3) is 16.7 Å². The summed E-state index contributed by atoms with van der Waals surface area (Å²) in [7, 11) is 0. The van der Waals surface area contributed by atoms with Gasteiger partial charge in [0.2, 0.25) is 5.95 Å². The third-order valence-electron chi connectivity index (χ3n) is 6.73. The van der Waals surface area contributed by atoms with Crippen LogP contribution < -0.4 is 10.5 Å². The van der Waals surface area contributed by atoms with Crippen LogP contribution in [0.5, 0.6) is 0 Å². The van der Waals surface area contributed by atoms with E-state index >= 15 is 0 Å². The van der Waals surface area contributed by atoms with Gasteiger partial charge in [-0.3, -0.25) is 9.36 Å². The minimum atomic E-state index is -4.45. The number of benzene rings is 3. The van der Waals surface area contributed by atoms with Crippen LogP contribution in [0.3, 0.4) is 0 Å². The van der Waals surface area contributed by atoms with E-state index in [1.165, 1.54) is 17.8 Å². The van der Waals surface area contributed by atoms with Gasteiger partial charge in [-0.05, 0) is 48.0 Å². The molecule has 0 saturated carbocycles. The Morgan fingerprint density at radius 3 is 2.62 bits per heavy atom. The zero-order valence-corrected chi connectivity index (χ0v) is 21.8. The molecule has 7 nitrogen and oxygen atoms in total. The number of nitrogens with one attached hydrogen (secondary N) is 1. The SMILES string of the molecule is N#Cc1cccc(CSc2nc3c(c(=O)n2-c2ccccc2)CN(c2nc4ccc(C(F)(F)F)cc4[nH]2)CC3)c1. The van der Waals surface area contributed by atoms with Crippen molar-refractivity contribution in [1.82, 2.24) is 19.5 Å². The zero-order valence-electron chi connectivity index (χ0n) is 20.9. The van der Waals surface area contributed by atoms with Crippen LogP contribution in [0.2, 0.25) is 0 Å². The largest absolute Gasteiger partial charge is 0.416 e. The van der Waals surface area contributed by atoms with Crippen LogP contribution in [0, 0.1) is 11.3 Å². The number of aromatic nitrogens is 4. The van der Waals surface area contributed by atoms with Crippen LogP contribution in [-0.4, -0.2) is 26.1 Å². The number of rotatable bonds is 5. The van der Waals surface area contributed by atoms with E-state index in [2.05, 4.69) is 16.0 Å². The molecule has 2 aromatic heterocycles. The molecule has 0 bridgehead atoms. The molecule has 40 heavy (non-hydrogen) atoms. The molecule has 200 valence electrons. The van der Waals surface area contributed by atoms with Crippen molar-refractivity contribution in [2.45, 2.75) is 30.1 Å². The topological polar surface area (TPSA) is 90.6 Å². The van der Waals surface area contributed by atoms with Gasteiger partial charge in [0.15, 0.2) is 5.16 Å². The first-order chi connectivity index (χ1) is 19.3. The number of anilines is 1. The van der Waals surface area contributed by atoms with Crippen LogP contribution in [0.15, 0.2) is 82.7 Å². The van der Waals surface area contributed by atoms with E-state index in [-0.39, 0.29) is 17.6 Å². The molecule has 1 aliphatic heterocycles. The highest BCUT2D eigenvalue weighted by molar-refractivity contribution is 7.98. The summed E-state index contributed by atoms with van der Waals surface area (Å²) in [6, 6.07) is 22.1. The molecule has 0 amide bonds. The summed E-state index contributed by atoms with van der Waals surface area (Å²) in [4.78, 5) is 28.2. The molecule has 0 spiro atoms.